The summed E-state index contributed by atoms with van der Waals surface area (Å²) >= 11 is 0. The van der Waals surface area contributed by atoms with E-state index < -0.39 is 40.4 Å². The van der Waals surface area contributed by atoms with Crippen molar-refractivity contribution in [3.8, 4) is 22.3 Å². The van der Waals surface area contributed by atoms with Gasteiger partial charge in [0.1, 0.15) is 0 Å². The van der Waals surface area contributed by atoms with Crippen LogP contribution in [0.4, 0.5) is 23.2 Å². The monoisotopic (exact) mass is 528 g/mol. The van der Waals surface area contributed by atoms with Gasteiger partial charge in [-0.05, 0) is 54.4 Å². The number of hydrogen-bond donors (Lipinski definition) is 1. The number of piperazine rings is 1. The fourth-order valence-corrected chi connectivity index (χ4v) is 4.82. The highest BCUT2D eigenvalue weighted by Crippen LogP contribution is 2.39. The summed E-state index contributed by atoms with van der Waals surface area (Å²) in [4.78, 5) is 16.3. The summed E-state index contributed by atoms with van der Waals surface area (Å²) in [6.07, 6.45) is 0. The lowest BCUT2D eigenvalue weighted by Gasteiger charge is -2.32. The van der Waals surface area contributed by atoms with E-state index in [-0.39, 0.29) is 27.9 Å². The number of aryl methyl sites for hydroxylation is 1. The Hall–Kier alpha value is -3.76. The van der Waals surface area contributed by atoms with Crippen LogP contribution in [0.15, 0.2) is 41.5 Å². The van der Waals surface area contributed by atoms with Crippen LogP contribution in [0.2, 0.25) is 0 Å². The van der Waals surface area contributed by atoms with Gasteiger partial charge in [-0.3, -0.25) is 9.91 Å². The first kappa shape index (κ1) is 27.3. The minimum Gasteiger partial charge on any atom is -0.478 e. The zero-order valence-electron chi connectivity index (χ0n) is 21.4. The highest BCUT2D eigenvalue weighted by Gasteiger charge is 2.29. The normalized spacial score (nSPS) is 14.5. The maximum Gasteiger partial charge on any atom is 0.337 e. The van der Waals surface area contributed by atoms with E-state index in [0.717, 1.165) is 37.8 Å². The third-order valence-corrected chi connectivity index (χ3v) is 6.84. The molecule has 3 aromatic carbocycles. The van der Waals surface area contributed by atoms with Crippen molar-refractivity contribution >= 4 is 18.4 Å². The van der Waals surface area contributed by atoms with Crippen molar-refractivity contribution < 1.29 is 27.5 Å². The Morgan fingerprint density at radius 1 is 0.974 bits per heavy atom. The summed E-state index contributed by atoms with van der Waals surface area (Å²) in [6.45, 7) is 8.83. The molecule has 1 aliphatic heterocycles. The van der Waals surface area contributed by atoms with Crippen LogP contribution in [0, 0.1) is 30.2 Å². The van der Waals surface area contributed by atoms with E-state index in [0.29, 0.717) is 6.54 Å². The minimum absolute atomic E-state index is 0.00686. The van der Waals surface area contributed by atoms with E-state index in [1.165, 1.54) is 37.2 Å². The number of aromatic carboxylic acids is 1. The number of likely N-dealkylation sites (N-methyl/N-ethyl adjacent to an activating group) is 1. The predicted octanol–water partition coefficient (Wildman–Crippen LogP) is 5.38. The van der Waals surface area contributed by atoms with Crippen LogP contribution in [-0.2, 0) is 6.54 Å². The van der Waals surface area contributed by atoms with Crippen LogP contribution < -0.4 is 5.01 Å². The van der Waals surface area contributed by atoms with Gasteiger partial charge in [0, 0.05) is 46.5 Å². The number of halogens is 4. The summed E-state index contributed by atoms with van der Waals surface area (Å²) in [5, 5.41) is 14.5. The number of carboxylic acid groups (broad SMARTS) is 1. The van der Waals surface area contributed by atoms with Gasteiger partial charge in [0.15, 0.2) is 23.3 Å². The summed E-state index contributed by atoms with van der Waals surface area (Å²) < 4.78 is 61.6. The lowest BCUT2D eigenvalue weighted by Crippen LogP contribution is -2.43. The number of carboxylic acids is 1. The van der Waals surface area contributed by atoms with Gasteiger partial charge < -0.3 is 10.0 Å². The van der Waals surface area contributed by atoms with Crippen molar-refractivity contribution in [3.63, 3.8) is 0 Å². The van der Waals surface area contributed by atoms with E-state index in [4.69, 9.17) is 0 Å². The molecule has 0 unspecified atom stereocenters. The minimum atomic E-state index is -1.61. The number of hydrazone groups is 1. The van der Waals surface area contributed by atoms with Crippen molar-refractivity contribution in [1.29, 1.82) is 0 Å². The molecule has 0 amide bonds. The van der Waals surface area contributed by atoms with Crippen molar-refractivity contribution in [2.45, 2.75) is 13.5 Å². The maximum atomic E-state index is 15.4. The summed E-state index contributed by atoms with van der Waals surface area (Å²) in [5.74, 6) is -7.74. The molecular weight excluding hydrogens is 500 g/mol. The third kappa shape index (κ3) is 5.14. The first-order valence-electron chi connectivity index (χ1n) is 12.0. The maximum absolute atomic E-state index is 15.4. The average molecular weight is 529 g/mol. The van der Waals surface area contributed by atoms with Gasteiger partial charge in [0.2, 0.25) is 0 Å². The topological polar surface area (TPSA) is 59.4 Å². The smallest absolute Gasteiger partial charge is 0.337 e. The molecule has 0 atom stereocenters. The highest BCUT2D eigenvalue weighted by atomic mass is 19.2. The molecule has 38 heavy (non-hydrogen) atoms. The van der Waals surface area contributed by atoms with Gasteiger partial charge in [-0.15, -0.1) is 0 Å². The summed E-state index contributed by atoms with van der Waals surface area (Å²) in [7, 11) is 3.49. The Bertz CT molecular complexity index is 1380. The first-order valence-corrected chi connectivity index (χ1v) is 12.0. The number of benzene rings is 3. The first-order chi connectivity index (χ1) is 18.0. The van der Waals surface area contributed by atoms with E-state index in [9.17, 15) is 9.90 Å². The second-order valence-electron chi connectivity index (χ2n) is 9.45. The molecule has 0 aromatic heterocycles. The zero-order valence-corrected chi connectivity index (χ0v) is 21.4. The summed E-state index contributed by atoms with van der Waals surface area (Å²) in [5.41, 5.74) is -1.29. The van der Waals surface area contributed by atoms with Gasteiger partial charge in [-0.2, -0.15) is 5.10 Å². The number of nitrogens with zero attached hydrogens (tertiary/aromatic N) is 4. The Morgan fingerprint density at radius 3 is 2.11 bits per heavy atom. The van der Waals surface area contributed by atoms with Crippen molar-refractivity contribution in [1.82, 2.24) is 9.80 Å². The van der Waals surface area contributed by atoms with Gasteiger partial charge >= 0.3 is 5.97 Å². The van der Waals surface area contributed by atoms with E-state index in [2.05, 4.69) is 21.6 Å². The molecule has 4 rings (SSSR count). The van der Waals surface area contributed by atoms with E-state index in [1.54, 1.807) is 12.1 Å². The van der Waals surface area contributed by atoms with E-state index >= 15 is 17.6 Å². The molecule has 0 bridgehead atoms. The van der Waals surface area contributed by atoms with Crippen LogP contribution in [0.25, 0.3) is 22.3 Å². The molecular formula is C28H28F4N4O2. The molecule has 1 N–H and O–H groups in total. The summed E-state index contributed by atoms with van der Waals surface area (Å²) in [6, 6.07) is 8.52. The quantitative estimate of drug-likeness (QED) is 0.193. The van der Waals surface area contributed by atoms with Gasteiger partial charge in [-0.1, -0.05) is 18.2 Å². The Labute approximate surface area is 218 Å². The Morgan fingerprint density at radius 2 is 1.55 bits per heavy atom. The molecule has 1 fully saturated rings. The van der Waals surface area contributed by atoms with Crippen molar-refractivity contribution in [2.24, 2.45) is 5.10 Å². The van der Waals surface area contributed by atoms with Gasteiger partial charge in [-0.25, -0.2) is 22.4 Å². The van der Waals surface area contributed by atoms with Crippen LogP contribution in [0.3, 0.4) is 0 Å². The predicted molar refractivity (Wildman–Crippen MR) is 140 cm³/mol. The second-order valence-corrected chi connectivity index (χ2v) is 9.45. The number of carbonyl (C=O) groups is 1. The highest BCUT2D eigenvalue weighted by molar-refractivity contribution is 5.97. The third-order valence-electron chi connectivity index (χ3n) is 6.84. The van der Waals surface area contributed by atoms with E-state index in [1.807, 2.05) is 7.05 Å². The van der Waals surface area contributed by atoms with Gasteiger partial charge in [0.25, 0.3) is 0 Å². The molecule has 0 saturated carbocycles. The van der Waals surface area contributed by atoms with Crippen molar-refractivity contribution in [2.75, 3.05) is 45.3 Å². The molecule has 1 aliphatic rings. The number of hydrogen-bond acceptors (Lipinski definition) is 5. The fraction of sp³-hybridized carbons (Fsp3) is 0.286. The molecule has 6 nitrogen and oxygen atoms in total. The number of anilines is 1. The van der Waals surface area contributed by atoms with Crippen LogP contribution in [0.5, 0.6) is 0 Å². The molecule has 0 spiro atoms. The van der Waals surface area contributed by atoms with Crippen LogP contribution in [-0.4, -0.2) is 67.9 Å². The SMILES string of the molecule is C=NN(C)c1c(C)cc(-c2c(F)c(F)c(-c3cccc(CN4CCN(C)CC4)c3)c(F)c2F)cc1C(=O)O. The zero-order chi connectivity index (χ0) is 27.7. The van der Waals surface area contributed by atoms with Crippen LogP contribution >= 0.6 is 0 Å². The molecule has 200 valence electrons. The molecule has 10 heteroatoms. The second kappa shape index (κ2) is 10.9. The molecule has 1 heterocycles. The Balaban J connectivity index is 1.79. The standard InChI is InChI=1S/C28H28F4N4O2/c1-16-12-19(14-20(28(37)38)27(16)35(4)33-2)22-25(31)23(29)21(24(30)26(22)32)18-7-5-6-17(13-18)15-36-10-8-34(3)9-11-36/h5-7,12-14H,2,8-11,15H2,1,3-4H3,(H,37,38). The van der Waals surface area contributed by atoms with Gasteiger partial charge in [0.05, 0.1) is 22.4 Å². The molecule has 3 aromatic rings. The lowest BCUT2D eigenvalue weighted by molar-refractivity contribution is 0.0697. The largest absolute Gasteiger partial charge is 0.478 e. The Kier molecular flexibility index (Phi) is 7.84. The molecule has 0 aliphatic carbocycles. The number of rotatable bonds is 7. The average Bonchev–Trinajstić information content (AvgIpc) is 2.88. The lowest BCUT2D eigenvalue weighted by atomic mass is 9.93. The molecule has 0 radical (unpaired) electrons. The van der Waals surface area contributed by atoms with Crippen molar-refractivity contribution in [3.05, 3.63) is 76.4 Å². The molecule has 1 saturated heterocycles. The van der Waals surface area contributed by atoms with Crippen LogP contribution in [0.1, 0.15) is 21.5 Å². The fourth-order valence-electron chi connectivity index (χ4n) is 4.82.